The number of hydrogen-bond acceptors (Lipinski definition) is 3. The van der Waals surface area contributed by atoms with E-state index in [0.29, 0.717) is 21.6 Å². The molecular formula is C14H13F3N2O2. The number of nitrogen functional groups attached to an aromatic ring is 1. The Morgan fingerprint density at radius 3 is 2.57 bits per heavy atom. The first kappa shape index (κ1) is 15.0. The molecule has 0 aliphatic carbocycles. The Labute approximate surface area is 118 Å². The lowest BCUT2D eigenvalue weighted by molar-refractivity contribution is -0.144. The van der Waals surface area contributed by atoms with Gasteiger partial charge in [0, 0.05) is 23.4 Å². The first-order chi connectivity index (χ1) is 9.82. The van der Waals surface area contributed by atoms with Gasteiger partial charge in [0.05, 0.1) is 13.7 Å². The quantitative estimate of drug-likeness (QED) is 0.886. The Bertz CT molecular complexity index is 708. The van der Waals surface area contributed by atoms with Crippen LogP contribution in [0.4, 0.5) is 18.9 Å². The third kappa shape index (κ3) is 3.18. The zero-order valence-corrected chi connectivity index (χ0v) is 11.1. The molecule has 2 N–H and O–H groups in total. The standard InChI is InChI=1S/C14H13F3N2O2/c1-21-11-7-10(18)6-5-9(11)8-19-12(14(15,16)17)3-2-4-13(19)20/h2-7H,8,18H2,1H3. The lowest BCUT2D eigenvalue weighted by atomic mass is 10.1. The molecule has 0 unspecified atom stereocenters. The minimum atomic E-state index is -4.61. The van der Waals surface area contributed by atoms with E-state index in [2.05, 4.69) is 0 Å². The fourth-order valence-electron chi connectivity index (χ4n) is 1.99. The van der Waals surface area contributed by atoms with Crippen LogP contribution in [0.2, 0.25) is 0 Å². The van der Waals surface area contributed by atoms with E-state index in [-0.39, 0.29) is 6.54 Å². The van der Waals surface area contributed by atoms with Gasteiger partial charge in [0.1, 0.15) is 11.4 Å². The zero-order chi connectivity index (χ0) is 15.6. The lowest BCUT2D eigenvalue weighted by Gasteiger charge is -2.16. The molecule has 1 aromatic carbocycles. The number of rotatable bonds is 3. The maximum Gasteiger partial charge on any atom is 0.431 e. The van der Waals surface area contributed by atoms with Gasteiger partial charge in [-0.1, -0.05) is 12.1 Å². The molecule has 7 heteroatoms. The molecule has 112 valence electrons. The molecule has 0 fully saturated rings. The van der Waals surface area contributed by atoms with E-state index in [1.807, 2.05) is 0 Å². The maximum absolute atomic E-state index is 13.0. The summed E-state index contributed by atoms with van der Waals surface area (Å²) in [5.74, 6) is 0.332. The molecule has 21 heavy (non-hydrogen) atoms. The first-order valence-electron chi connectivity index (χ1n) is 6.02. The summed E-state index contributed by atoms with van der Waals surface area (Å²) in [5, 5.41) is 0. The number of pyridine rings is 1. The molecule has 1 aromatic heterocycles. The van der Waals surface area contributed by atoms with E-state index in [1.54, 1.807) is 6.07 Å². The van der Waals surface area contributed by atoms with Crippen LogP contribution in [-0.2, 0) is 12.7 Å². The van der Waals surface area contributed by atoms with Crippen LogP contribution in [0.5, 0.6) is 5.75 Å². The summed E-state index contributed by atoms with van der Waals surface area (Å²) >= 11 is 0. The molecule has 0 saturated carbocycles. The number of benzene rings is 1. The molecule has 0 radical (unpaired) electrons. The fraction of sp³-hybridized carbons (Fsp3) is 0.214. The summed E-state index contributed by atoms with van der Waals surface area (Å²) in [4.78, 5) is 11.8. The van der Waals surface area contributed by atoms with Gasteiger partial charge in [0.15, 0.2) is 0 Å². The second-order valence-electron chi connectivity index (χ2n) is 4.40. The van der Waals surface area contributed by atoms with Crippen molar-refractivity contribution in [3.05, 3.63) is 58.0 Å². The zero-order valence-electron chi connectivity index (χ0n) is 11.1. The second kappa shape index (κ2) is 5.51. The number of alkyl halides is 3. The Hall–Kier alpha value is -2.44. The highest BCUT2D eigenvalue weighted by Crippen LogP contribution is 2.29. The molecule has 0 atom stereocenters. The molecule has 0 bridgehead atoms. The Kier molecular flexibility index (Phi) is 3.93. The third-order valence-corrected chi connectivity index (χ3v) is 2.98. The summed E-state index contributed by atoms with van der Waals surface area (Å²) in [5.41, 5.74) is 4.72. The number of ether oxygens (including phenoxy) is 1. The number of halogens is 3. The summed E-state index contributed by atoms with van der Waals surface area (Å²) in [7, 11) is 1.39. The van der Waals surface area contributed by atoms with Crippen LogP contribution in [0.25, 0.3) is 0 Å². The van der Waals surface area contributed by atoms with E-state index in [4.69, 9.17) is 10.5 Å². The molecule has 0 saturated heterocycles. The van der Waals surface area contributed by atoms with Crippen molar-refractivity contribution in [1.82, 2.24) is 4.57 Å². The highest BCUT2D eigenvalue weighted by atomic mass is 19.4. The van der Waals surface area contributed by atoms with Crippen molar-refractivity contribution in [1.29, 1.82) is 0 Å². The van der Waals surface area contributed by atoms with Gasteiger partial charge in [-0.25, -0.2) is 0 Å². The number of anilines is 1. The van der Waals surface area contributed by atoms with Crippen LogP contribution in [0.15, 0.2) is 41.2 Å². The van der Waals surface area contributed by atoms with Crippen LogP contribution in [0.3, 0.4) is 0 Å². The topological polar surface area (TPSA) is 57.2 Å². The highest BCUT2D eigenvalue weighted by Gasteiger charge is 2.34. The minimum absolute atomic E-state index is 0.252. The van der Waals surface area contributed by atoms with Gasteiger partial charge in [-0.2, -0.15) is 13.2 Å². The number of nitrogens with zero attached hydrogens (tertiary/aromatic N) is 1. The van der Waals surface area contributed by atoms with Crippen LogP contribution in [-0.4, -0.2) is 11.7 Å². The lowest BCUT2D eigenvalue weighted by Crippen LogP contribution is -2.27. The molecule has 1 heterocycles. The van der Waals surface area contributed by atoms with Gasteiger partial charge < -0.3 is 10.5 Å². The highest BCUT2D eigenvalue weighted by molar-refractivity contribution is 5.48. The van der Waals surface area contributed by atoms with Gasteiger partial charge in [-0.3, -0.25) is 9.36 Å². The smallest absolute Gasteiger partial charge is 0.431 e. The van der Waals surface area contributed by atoms with Crippen LogP contribution < -0.4 is 16.0 Å². The monoisotopic (exact) mass is 298 g/mol. The summed E-state index contributed by atoms with van der Waals surface area (Å²) in [6.07, 6.45) is -4.61. The predicted octanol–water partition coefficient (Wildman–Crippen LogP) is 2.51. The Morgan fingerprint density at radius 2 is 1.95 bits per heavy atom. The van der Waals surface area contributed by atoms with Gasteiger partial charge in [0.2, 0.25) is 0 Å². The van der Waals surface area contributed by atoms with Gasteiger partial charge >= 0.3 is 6.18 Å². The number of aromatic nitrogens is 1. The normalized spacial score (nSPS) is 11.4. The van der Waals surface area contributed by atoms with Gasteiger partial charge in [-0.15, -0.1) is 0 Å². The van der Waals surface area contributed by atoms with Crippen LogP contribution in [0, 0.1) is 0 Å². The molecule has 4 nitrogen and oxygen atoms in total. The predicted molar refractivity (Wildman–Crippen MR) is 72.2 cm³/mol. The SMILES string of the molecule is COc1cc(N)ccc1Cn1c(C(F)(F)F)cccc1=O. The van der Waals surface area contributed by atoms with Crippen molar-refractivity contribution in [3.8, 4) is 5.75 Å². The molecule has 2 rings (SSSR count). The molecule has 0 amide bonds. The van der Waals surface area contributed by atoms with E-state index in [1.165, 1.54) is 19.2 Å². The average Bonchev–Trinajstić information content (AvgIpc) is 2.41. The van der Waals surface area contributed by atoms with E-state index >= 15 is 0 Å². The largest absolute Gasteiger partial charge is 0.496 e. The van der Waals surface area contributed by atoms with Gasteiger partial charge in [0.25, 0.3) is 5.56 Å². The third-order valence-electron chi connectivity index (χ3n) is 2.98. The van der Waals surface area contributed by atoms with Crippen molar-refractivity contribution < 1.29 is 17.9 Å². The van der Waals surface area contributed by atoms with Crippen molar-refractivity contribution in [2.75, 3.05) is 12.8 Å². The fourth-order valence-corrected chi connectivity index (χ4v) is 1.99. The second-order valence-corrected chi connectivity index (χ2v) is 4.40. The Balaban J connectivity index is 2.52. The maximum atomic E-state index is 13.0. The van der Waals surface area contributed by atoms with Gasteiger partial charge in [-0.05, 0) is 12.1 Å². The van der Waals surface area contributed by atoms with E-state index in [0.717, 1.165) is 18.2 Å². The summed E-state index contributed by atoms with van der Waals surface area (Å²) < 4.78 is 44.6. The number of hydrogen-bond donors (Lipinski definition) is 1. The van der Waals surface area contributed by atoms with Crippen molar-refractivity contribution >= 4 is 5.69 Å². The number of methoxy groups -OCH3 is 1. The van der Waals surface area contributed by atoms with Crippen molar-refractivity contribution in [2.45, 2.75) is 12.7 Å². The first-order valence-corrected chi connectivity index (χ1v) is 6.02. The number of nitrogens with two attached hydrogens (primary N) is 1. The van der Waals surface area contributed by atoms with Crippen LogP contribution in [0.1, 0.15) is 11.3 Å². The molecule has 0 aliphatic heterocycles. The molecule has 0 aliphatic rings. The van der Waals surface area contributed by atoms with E-state index < -0.39 is 17.4 Å². The molecule has 0 spiro atoms. The van der Waals surface area contributed by atoms with E-state index in [9.17, 15) is 18.0 Å². The van der Waals surface area contributed by atoms with Crippen molar-refractivity contribution in [3.63, 3.8) is 0 Å². The Morgan fingerprint density at radius 1 is 1.24 bits per heavy atom. The van der Waals surface area contributed by atoms with Crippen LogP contribution >= 0.6 is 0 Å². The summed E-state index contributed by atoms with van der Waals surface area (Å²) in [6.45, 7) is -0.252. The average molecular weight is 298 g/mol. The molecule has 2 aromatic rings. The van der Waals surface area contributed by atoms with Crippen molar-refractivity contribution in [2.24, 2.45) is 0 Å². The minimum Gasteiger partial charge on any atom is -0.496 e. The summed E-state index contributed by atoms with van der Waals surface area (Å²) in [6, 6.07) is 7.61. The molecular weight excluding hydrogens is 285 g/mol.